The van der Waals surface area contributed by atoms with Gasteiger partial charge < -0.3 is 10.5 Å². The van der Waals surface area contributed by atoms with E-state index in [4.69, 9.17) is 10.5 Å². The molecule has 92 valence electrons. The van der Waals surface area contributed by atoms with Crippen LogP contribution >= 0.6 is 0 Å². The SMILES string of the molecule is C=C(OC(CC)CCC)/C(C)=C(/N)C(=C)C. The summed E-state index contributed by atoms with van der Waals surface area (Å²) in [6.45, 7) is 15.8. The van der Waals surface area contributed by atoms with E-state index in [-0.39, 0.29) is 6.10 Å². The minimum absolute atomic E-state index is 0.241. The van der Waals surface area contributed by atoms with Crippen LogP contribution in [0.15, 0.2) is 35.8 Å². The Morgan fingerprint density at radius 3 is 2.19 bits per heavy atom. The number of ether oxygens (including phenoxy) is 1. The minimum atomic E-state index is 0.241. The van der Waals surface area contributed by atoms with Crippen molar-refractivity contribution in [1.82, 2.24) is 0 Å². The van der Waals surface area contributed by atoms with E-state index in [0.29, 0.717) is 11.5 Å². The molecule has 0 saturated carbocycles. The largest absolute Gasteiger partial charge is 0.491 e. The highest BCUT2D eigenvalue weighted by atomic mass is 16.5. The first-order valence-electron chi connectivity index (χ1n) is 5.92. The molecule has 1 atom stereocenters. The van der Waals surface area contributed by atoms with Gasteiger partial charge in [-0.25, -0.2) is 0 Å². The van der Waals surface area contributed by atoms with Gasteiger partial charge in [0.25, 0.3) is 0 Å². The molecule has 0 aromatic carbocycles. The fourth-order valence-corrected chi connectivity index (χ4v) is 1.43. The second kappa shape index (κ2) is 7.15. The van der Waals surface area contributed by atoms with Gasteiger partial charge >= 0.3 is 0 Å². The number of hydrogen-bond donors (Lipinski definition) is 1. The van der Waals surface area contributed by atoms with Crippen LogP contribution in [0.5, 0.6) is 0 Å². The molecule has 0 heterocycles. The van der Waals surface area contributed by atoms with Crippen molar-refractivity contribution >= 4 is 0 Å². The second-order valence-electron chi connectivity index (χ2n) is 4.18. The van der Waals surface area contributed by atoms with Crippen molar-refractivity contribution in [2.45, 2.75) is 53.1 Å². The molecule has 0 aromatic heterocycles. The van der Waals surface area contributed by atoms with E-state index in [1.807, 2.05) is 13.8 Å². The van der Waals surface area contributed by atoms with Crippen molar-refractivity contribution in [2.75, 3.05) is 0 Å². The van der Waals surface area contributed by atoms with E-state index in [0.717, 1.165) is 30.4 Å². The molecule has 1 unspecified atom stereocenters. The summed E-state index contributed by atoms with van der Waals surface area (Å²) < 4.78 is 5.80. The van der Waals surface area contributed by atoms with Crippen molar-refractivity contribution in [1.29, 1.82) is 0 Å². The first kappa shape index (κ1) is 14.8. The smallest absolute Gasteiger partial charge is 0.117 e. The van der Waals surface area contributed by atoms with Gasteiger partial charge in [-0.15, -0.1) is 0 Å². The average Bonchev–Trinajstić information content (AvgIpc) is 2.25. The maximum Gasteiger partial charge on any atom is 0.117 e. The summed E-state index contributed by atoms with van der Waals surface area (Å²) in [4.78, 5) is 0. The third-order valence-electron chi connectivity index (χ3n) is 2.66. The Labute approximate surface area is 99.9 Å². The Kier molecular flexibility index (Phi) is 6.63. The predicted octanol–water partition coefficient (Wildman–Crippen LogP) is 3.90. The average molecular weight is 223 g/mol. The van der Waals surface area contributed by atoms with E-state index in [1.165, 1.54) is 0 Å². The molecular formula is C14H25NO. The van der Waals surface area contributed by atoms with E-state index in [2.05, 4.69) is 27.0 Å². The monoisotopic (exact) mass is 223 g/mol. The number of hydrogen-bond acceptors (Lipinski definition) is 2. The van der Waals surface area contributed by atoms with Crippen molar-refractivity contribution in [3.05, 3.63) is 35.8 Å². The molecule has 0 aromatic rings. The lowest BCUT2D eigenvalue weighted by Crippen LogP contribution is -2.13. The predicted molar refractivity (Wildman–Crippen MR) is 70.9 cm³/mol. The molecular weight excluding hydrogens is 198 g/mol. The summed E-state index contributed by atoms with van der Waals surface area (Å²) in [6.07, 6.45) is 3.40. The van der Waals surface area contributed by atoms with Gasteiger partial charge in [0, 0.05) is 11.3 Å². The van der Waals surface area contributed by atoms with E-state index in [9.17, 15) is 0 Å². The van der Waals surface area contributed by atoms with Crippen molar-refractivity contribution in [2.24, 2.45) is 5.73 Å². The Bertz CT molecular complexity index is 289. The first-order chi connectivity index (χ1) is 7.43. The summed E-state index contributed by atoms with van der Waals surface area (Å²) in [7, 11) is 0. The normalized spacial score (nSPS) is 14.0. The molecule has 0 rings (SSSR count). The summed E-state index contributed by atoms with van der Waals surface area (Å²) in [6, 6.07) is 0. The lowest BCUT2D eigenvalue weighted by Gasteiger charge is -2.20. The number of rotatable bonds is 7. The molecule has 0 bridgehead atoms. The second-order valence-corrected chi connectivity index (χ2v) is 4.18. The number of allylic oxidation sites excluding steroid dienone is 2. The fourth-order valence-electron chi connectivity index (χ4n) is 1.43. The van der Waals surface area contributed by atoms with Crippen LogP contribution in [0, 0.1) is 0 Å². The molecule has 2 N–H and O–H groups in total. The van der Waals surface area contributed by atoms with Crippen LogP contribution in [0.4, 0.5) is 0 Å². The van der Waals surface area contributed by atoms with E-state index in [1.54, 1.807) is 0 Å². The maximum atomic E-state index is 5.89. The molecule has 0 spiro atoms. The van der Waals surface area contributed by atoms with Gasteiger partial charge in [0.15, 0.2) is 0 Å². The zero-order valence-corrected chi connectivity index (χ0v) is 11.1. The van der Waals surface area contributed by atoms with Gasteiger partial charge in [-0.1, -0.05) is 33.4 Å². The van der Waals surface area contributed by atoms with Gasteiger partial charge in [0.2, 0.25) is 0 Å². The quantitative estimate of drug-likeness (QED) is 0.524. The summed E-state index contributed by atoms with van der Waals surface area (Å²) in [5.74, 6) is 0.667. The van der Waals surface area contributed by atoms with Crippen LogP contribution in [-0.2, 0) is 4.74 Å². The summed E-state index contributed by atoms with van der Waals surface area (Å²) >= 11 is 0. The Morgan fingerprint density at radius 1 is 1.25 bits per heavy atom. The Hall–Kier alpha value is -1.18. The van der Waals surface area contributed by atoms with Gasteiger partial charge in [-0.05, 0) is 32.3 Å². The fraction of sp³-hybridized carbons (Fsp3) is 0.571. The number of nitrogens with two attached hydrogens (primary N) is 1. The lowest BCUT2D eigenvalue weighted by atomic mass is 10.1. The van der Waals surface area contributed by atoms with Crippen molar-refractivity contribution in [3.8, 4) is 0 Å². The Balaban J connectivity index is 4.57. The molecule has 0 aliphatic carbocycles. The third kappa shape index (κ3) is 4.56. The van der Waals surface area contributed by atoms with Crippen LogP contribution < -0.4 is 5.73 Å². The molecule has 0 amide bonds. The minimum Gasteiger partial charge on any atom is -0.491 e. The van der Waals surface area contributed by atoms with Crippen LogP contribution in [0.2, 0.25) is 0 Å². The van der Waals surface area contributed by atoms with E-state index < -0.39 is 0 Å². The van der Waals surface area contributed by atoms with Gasteiger partial charge in [-0.3, -0.25) is 0 Å². The molecule has 0 radical (unpaired) electrons. The van der Waals surface area contributed by atoms with Gasteiger partial charge in [-0.2, -0.15) is 0 Å². The molecule has 16 heavy (non-hydrogen) atoms. The molecule has 0 saturated heterocycles. The highest BCUT2D eigenvalue weighted by Gasteiger charge is 2.10. The van der Waals surface area contributed by atoms with Crippen LogP contribution in [-0.4, -0.2) is 6.10 Å². The van der Waals surface area contributed by atoms with Crippen LogP contribution in [0.1, 0.15) is 47.0 Å². The van der Waals surface area contributed by atoms with Crippen molar-refractivity contribution < 1.29 is 4.74 Å². The van der Waals surface area contributed by atoms with Crippen molar-refractivity contribution in [3.63, 3.8) is 0 Å². The molecule has 0 fully saturated rings. The topological polar surface area (TPSA) is 35.2 Å². The summed E-state index contributed by atoms with van der Waals surface area (Å²) in [5, 5.41) is 0. The third-order valence-corrected chi connectivity index (χ3v) is 2.66. The highest BCUT2D eigenvalue weighted by molar-refractivity contribution is 5.36. The highest BCUT2D eigenvalue weighted by Crippen LogP contribution is 2.19. The van der Waals surface area contributed by atoms with Crippen LogP contribution in [0.3, 0.4) is 0 Å². The summed E-state index contributed by atoms with van der Waals surface area (Å²) in [5.41, 5.74) is 8.31. The molecule has 0 aliphatic heterocycles. The first-order valence-corrected chi connectivity index (χ1v) is 5.92. The molecule has 0 aliphatic rings. The standard InChI is InChI=1S/C14H25NO/c1-7-9-13(8-2)16-12(6)11(5)14(15)10(3)4/h13H,3,6-9,15H2,1-2,4-5H3/b14-11+. The van der Waals surface area contributed by atoms with Gasteiger partial charge in [0.1, 0.15) is 5.76 Å². The zero-order chi connectivity index (χ0) is 12.7. The maximum absolute atomic E-state index is 5.89. The zero-order valence-electron chi connectivity index (χ0n) is 11.1. The Morgan fingerprint density at radius 2 is 1.81 bits per heavy atom. The lowest BCUT2D eigenvalue weighted by molar-refractivity contribution is 0.110. The van der Waals surface area contributed by atoms with E-state index >= 15 is 0 Å². The van der Waals surface area contributed by atoms with Crippen LogP contribution in [0.25, 0.3) is 0 Å². The van der Waals surface area contributed by atoms with Gasteiger partial charge in [0.05, 0.1) is 6.10 Å². The molecule has 2 heteroatoms. The molecule has 2 nitrogen and oxygen atoms in total.